The maximum absolute atomic E-state index is 12.3. The smallest absolute Gasteiger partial charge is 0.320 e. The largest absolute Gasteiger partial charge is 0.383 e. The van der Waals surface area contributed by atoms with Gasteiger partial charge in [-0.1, -0.05) is 37.3 Å². The molecule has 1 aromatic carbocycles. The van der Waals surface area contributed by atoms with Crippen LogP contribution in [0.1, 0.15) is 20.1 Å². The second kappa shape index (κ2) is 8.85. The second-order valence-corrected chi connectivity index (χ2v) is 6.75. The maximum Gasteiger partial charge on any atom is 0.320 e. The molecule has 2 heterocycles. The van der Waals surface area contributed by atoms with E-state index in [9.17, 15) is 9.59 Å². The fourth-order valence-corrected chi connectivity index (χ4v) is 2.92. The van der Waals surface area contributed by atoms with Crippen LogP contribution in [-0.2, 0) is 9.53 Å². The maximum atomic E-state index is 12.3. The lowest BCUT2D eigenvalue weighted by molar-refractivity contribution is -0.130. The van der Waals surface area contributed by atoms with E-state index in [4.69, 9.17) is 4.74 Å². The van der Waals surface area contributed by atoms with Gasteiger partial charge in [0, 0.05) is 31.3 Å². The van der Waals surface area contributed by atoms with Crippen LogP contribution in [0.2, 0.25) is 0 Å². The summed E-state index contributed by atoms with van der Waals surface area (Å²) in [6, 6.07) is 11.0. The van der Waals surface area contributed by atoms with Crippen LogP contribution < -0.4 is 21.3 Å². The number of anilines is 1. The molecule has 9 heteroatoms. The van der Waals surface area contributed by atoms with Gasteiger partial charge in [0.05, 0.1) is 18.2 Å². The first-order valence-electron chi connectivity index (χ1n) is 9.24. The van der Waals surface area contributed by atoms with Crippen LogP contribution in [0, 0.1) is 5.92 Å². The molecule has 28 heavy (non-hydrogen) atoms. The third-order valence-electron chi connectivity index (χ3n) is 4.75. The molecule has 0 saturated carbocycles. The minimum atomic E-state index is -0.564. The number of urea groups is 1. The van der Waals surface area contributed by atoms with E-state index in [0.717, 1.165) is 5.56 Å². The molecule has 0 aliphatic carbocycles. The molecule has 2 aromatic rings. The summed E-state index contributed by atoms with van der Waals surface area (Å²) in [6.07, 6.45) is -0.564. The van der Waals surface area contributed by atoms with Crippen molar-refractivity contribution in [2.75, 3.05) is 25.6 Å². The number of hydrogen-bond donors (Lipinski definition) is 4. The molecule has 1 aliphatic heterocycles. The number of carbonyl (C=O) groups excluding carboxylic acids is 2. The molecule has 1 fully saturated rings. The Kier molecular flexibility index (Phi) is 6.27. The van der Waals surface area contributed by atoms with Gasteiger partial charge in [-0.25, -0.2) is 9.48 Å². The Labute approximate surface area is 163 Å². The highest BCUT2D eigenvalue weighted by molar-refractivity contribution is 5.89. The Balaban J connectivity index is 1.87. The topological polar surface area (TPSA) is 109 Å². The average Bonchev–Trinajstić information content (AvgIpc) is 3.10. The Morgan fingerprint density at radius 3 is 2.71 bits per heavy atom. The van der Waals surface area contributed by atoms with Gasteiger partial charge in [-0.05, 0) is 6.92 Å². The molecule has 3 unspecified atom stereocenters. The molecule has 150 valence electrons. The first-order valence-corrected chi connectivity index (χ1v) is 9.24. The molecule has 1 aromatic heterocycles. The minimum Gasteiger partial charge on any atom is -0.383 e. The van der Waals surface area contributed by atoms with Crippen LogP contribution in [0.5, 0.6) is 0 Å². The molecule has 1 saturated heterocycles. The number of aromatic nitrogens is 2. The summed E-state index contributed by atoms with van der Waals surface area (Å²) >= 11 is 0. The highest BCUT2D eigenvalue weighted by Gasteiger charge is 2.32. The van der Waals surface area contributed by atoms with Gasteiger partial charge in [-0.15, -0.1) is 0 Å². The van der Waals surface area contributed by atoms with E-state index in [-0.39, 0.29) is 23.9 Å². The van der Waals surface area contributed by atoms with Crippen molar-refractivity contribution in [3.05, 3.63) is 36.4 Å². The summed E-state index contributed by atoms with van der Waals surface area (Å²) in [7, 11) is 1.57. The van der Waals surface area contributed by atoms with Gasteiger partial charge in [-0.2, -0.15) is 5.10 Å². The summed E-state index contributed by atoms with van der Waals surface area (Å²) in [4.78, 5) is 24.5. The minimum absolute atomic E-state index is 0.0356. The molecule has 3 atom stereocenters. The molecular formula is C19H26N6O3. The Morgan fingerprint density at radius 1 is 1.29 bits per heavy atom. The summed E-state index contributed by atoms with van der Waals surface area (Å²) in [5.74, 6) is 0.242. The van der Waals surface area contributed by atoms with Gasteiger partial charge in [0.2, 0.25) is 5.91 Å². The van der Waals surface area contributed by atoms with Crippen LogP contribution in [0.3, 0.4) is 0 Å². The fourth-order valence-electron chi connectivity index (χ4n) is 2.92. The first-order chi connectivity index (χ1) is 13.5. The van der Waals surface area contributed by atoms with Crippen molar-refractivity contribution < 1.29 is 14.3 Å². The Bertz CT molecular complexity index is 822. The number of rotatable bonds is 6. The molecule has 0 spiro atoms. The molecule has 9 nitrogen and oxygen atoms in total. The van der Waals surface area contributed by atoms with E-state index in [1.807, 2.05) is 44.2 Å². The zero-order chi connectivity index (χ0) is 20.1. The lowest BCUT2D eigenvalue weighted by Crippen LogP contribution is -2.57. The van der Waals surface area contributed by atoms with E-state index in [1.165, 1.54) is 0 Å². The number of hydrogen-bond acceptors (Lipinski definition) is 5. The molecular weight excluding hydrogens is 360 g/mol. The fraction of sp³-hybridized carbons (Fsp3) is 0.421. The van der Waals surface area contributed by atoms with Crippen LogP contribution in [0.4, 0.5) is 10.6 Å². The van der Waals surface area contributed by atoms with Gasteiger partial charge < -0.3 is 15.4 Å². The van der Waals surface area contributed by atoms with Crippen molar-refractivity contribution in [3.8, 4) is 11.3 Å². The Morgan fingerprint density at radius 2 is 2.04 bits per heavy atom. The summed E-state index contributed by atoms with van der Waals surface area (Å²) in [6.45, 7) is 4.61. The number of nitrogens with one attached hydrogen (secondary N) is 4. The van der Waals surface area contributed by atoms with Crippen LogP contribution in [0.25, 0.3) is 11.3 Å². The highest BCUT2D eigenvalue weighted by atomic mass is 16.5. The SMILES string of the molecule is COCCNC(=O)Nc1cc(-c2ccccc2)nn1C1NC(=O)C(C)C(C)N1. The Hall–Kier alpha value is -2.91. The number of benzene rings is 1. The summed E-state index contributed by atoms with van der Waals surface area (Å²) in [5, 5.41) is 16.4. The van der Waals surface area contributed by atoms with Crippen molar-refractivity contribution in [2.45, 2.75) is 26.2 Å². The van der Waals surface area contributed by atoms with Gasteiger partial charge in [-0.3, -0.25) is 15.4 Å². The predicted molar refractivity (Wildman–Crippen MR) is 106 cm³/mol. The van der Waals surface area contributed by atoms with Crippen molar-refractivity contribution in [2.24, 2.45) is 5.92 Å². The number of methoxy groups -OCH3 is 1. The lowest BCUT2D eigenvalue weighted by atomic mass is 10.0. The van der Waals surface area contributed by atoms with E-state index >= 15 is 0 Å². The van der Waals surface area contributed by atoms with Crippen molar-refractivity contribution in [1.82, 2.24) is 25.7 Å². The molecule has 0 bridgehead atoms. The number of carbonyl (C=O) groups is 2. The average molecular weight is 386 g/mol. The lowest BCUT2D eigenvalue weighted by Gasteiger charge is -2.34. The number of ether oxygens (including phenoxy) is 1. The standard InChI is InChI=1S/C19H26N6O3/c1-12-13(2)21-18(23-17(12)26)25-16(22-19(27)20-9-10-28-3)11-15(24-25)14-7-5-4-6-8-14/h4-8,11-13,18,21H,9-10H2,1-3H3,(H,23,26)(H2,20,22,27). The number of nitrogens with zero attached hydrogens (tertiary/aromatic N) is 2. The quantitative estimate of drug-likeness (QED) is 0.563. The van der Waals surface area contributed by atoms with Crippen molar-refractivity contribution in [1.29, 1.82) is 0 Å². The second-order valence-electron chi connectivity index (χ2n) is 6.75. The van der Waals surface area contributed by atoms with E-state index < -0.39 is 6.29 Å². The van der Waals surface area contributed by atoms with Crippen LogP contribution >= 0.6 is 0 Å². The van der Waals surface area contributed by atoms with Crippen LogP contribution in [0.15, 0.2) is 36.4 Å². The van der Waals surface area contributed by atoms with Gasteiger partial charge in [0.25, 0.3) is 0 Å². The first kappa shape index (κ1) is 19.8. The summed E-state index contributed by atoms with van der Waals surface area (Å²) in [5.41, 5.74) is 1.60. The third kappa shape index (κ3) is 4.49. The van der Waals surface area contributed by atoms with E-state index in [2.05, 4.69) is 26.4 Å². The van der Waals surface area contributed by atoms with Crippen molar-refractivity contribution >= 4 is 17.8 Å². The molecule has 3 amide bonds. The molecule has 0 radical (unpaired) electrons. The predicted octanol–water partition coefficient (Wildman–Crippen LogP) is 1.52. The monoisotopic (exact) mass is 386 g/mol. The molecule has 1 aliphatic rings. The van der Waals surface area contributed by atoms with E-state index in [0.29, 0.717) is 24.7 Å². The van der Waals surface area contributed by atoms with Crippen molar-refractivity contribution in [3.63, 3.8) is 0 Å². The van der Waals surface area contributed by atoms with Crippen LogP contribution in [-0.4, -0.2) is 48.0 Å². The zero-order valence-electron chi connectivity index (χ0n) is 16.2. The van der Waals surface area contributed by atoms with Gasteiger partial charge in [0.15, 0.2) is 6.29 Å². The normalized spacial score (nSPS) is 21.8. The summed E-state index contributed by atoms with van der Waals surface area (Å²) < 4.78 is 6.52. The zero-order valence-corrected chi connectivity index (χ0v) is 16.2. The van der Waals surface area contributed by atoms with Gasteiger partial charge >= 0.3 is 6.03 Å². The number of amides is 3. The van der Waals surface area contributed by atoms with E-state index in [1.54, 1.807) is 17.9 Å². The third-order valence-corrected chi connectivity index (χ3v) is 4.75. The van der Waals surface area contributed by atoms with Gasteiger partial charge in [0.1, 0.15) is 5.82 Å². The molecule has 3 rings (SSSR count). The molecule has 4 N–H and O–H groups in total. The highest BCUT2D eigenvalue weighted by Crippen LogP contribution is 2.25.